The summed E-state index contributed by atoms with van der Waals surface area (Å²) in [5, 5.41) is 0. The van der Waals surface area contributed by atoms with E-state index in [1.165, 1.54) is 6.42 Å². The van der Waals surface area contributed by atoms with Crippen LogP contribution < -0.4 is 0 Å². The van der Waals surface area contributed by atoms with E-state index in [1.807, 2.05) is 0 Å². The summed E-state index contributed by atoms with van der Waals surface area (Å²) in [5.74, 6) is 2.34. The molecular weight excluding hydrogens is 174 g/mol. The molecule has 0 spiro atoms. The molecule has 2 fully saturated rings. The lowest BCUT2D eigenvalue weighted by atomic mass is 9.78. The molecule has 2 rings (SSSR count). The molecule has 0 radical (unpaired) electrons. The molecule has 0 bridgehead atoms. The molecule has 2 nitrogen and oxygen atoms in total. The molecule has 82 valence electrons. The molecule has 0 aromatic carbocycles. The third-order valence-electron chi connectivity index (χ3n) is 4.65. The molecule has 0 saturated carbocycles. The third-order valence-corrected chi connectivity index (χ3v) is 4.65. The fraction of sp³-hybridized carbons (Fsp3) is 1.00. The van der Waals surface area contributed by atoms with Gasteiger partial charge in [-0.3, -0.25) is 4.90 Å². The Kier molecular flexibility index (Phi) is 2.61. The van der Waals surface area contributed by atoms with Crippen molar-refractivity contribution in [2.24, 2.45) is 17.8 Å². The molecule has 2 aliphatic heterocycles. The van der Waals surface area contributed by atoms with Gasteiger partial charge < -0.3 is 4.74 Å². The fourth-order valence-corrected chi connectivity index (χ4v) is 3.25. The van der Waals surface area contributed by atoms with Crippen molar-refractivity contribution in [1.82, 2.24) is 4.90 Å². The predicted molar refractivity (Wildman–Crippen MR) is 58.0 cm³/mol. The van der Waals surface area contributed by atoms with Gasteiger partial charge in [-0.1, -0.05) is 27.2 Å². The zero-order chi connectivity index (χ0) is 10.5. The number of fused-ring (bicyclic) bond motifs is 1. The molecule has 0 N–H and O–H groups in total. The van der Waals surface area contributed by atoms with Crippen LogP contribution in [0.15, 0.2) is 0 Å². The average Bonchev–Trinajstić information content (AvgIpc) is 2.95. The van der Waals surface area contributed by atoms with Crippen molar-refractivity contribution in [3.8, 4) is 0 Å². The van der Waals surface area contributed by atoms with Gasteiger partial charge in [0.2, 0.25) is 0 Å². The van der Waals surface area contributed by atoms with Crippen LogP contribution in [-0.2, 0) is 4.74 Å². The van der Waals surface area contributed by atoms with E-state index in [9.17, 15) is 0 Å². The summed E-state index contributed by atoms with van der Waals surface area (Å²) >= 11 is 0. The quantitative estimate of drug-likeness (QED) is 0.600. The number of ether oxygens (including phenoxy) is 1. The Bertz CT molecular complexity index is 218. The monoisotopic (exact) mass is 197 g/mol. The van der Waals surface area contributed by atoms with E-state index in [2.05, 4.69) is 39.6 Å². The van der Waals surface area contributed by atoms with Gasteiger partial charge in [0.1, 0.15) is 12.3 Å². The van der Waals surface area contributed by atoms with Crippen molar-refractivity contribution >= 4 is 0 Å². The van der Waals surface area contributed by atoms with Crippen LogP contribution in [-0.4, -0.2) is 30.3 Å². The van der Waals surface area contributed by atoms with Gasteiger partial charge in [-0.15, -0.1) is 0 Å². The number of likely N-dealkylation sites (N-methyl/N-ethyl adjacent to an activating group) is 1. The summed E-state index contributed by atoms with van der Waals surface area (Å²) in [5.41, 5.74) is 0. The first-order valence-electron chi connectivity index (χ1n) is 5.95. The Morgan fingerprint density at radius 2 is 1.79 bits per heavy atom. The van der Waals surface area contributed by atoms with E-state index in [4.69, 9.17) is 4.74 Å². The Hall–Kier alpha value is -0.0800. The Morgan fingerprint density at radius 1 is 1.14 bits per heavy atom. The second-order valence-electron chi connectivity index (χ2n) is 5.19. The molecule has 2 heteroatoms. The van der Waals surface area contributed by atoms with Crippen LogP contribution >= 0.6 is 0 Å². The molecule has 0 aliphatic carbocycles. The van der Waals surface area contributed by atoms with Gasteiger partial charge in [0, 0.05) is 6.04 Å². The minimum atomic E-state index is 0.416. The maximum absolute atomic E-state index is 5.76. The minimum absolute atomic E-state index is 0.416. The third kappa shape index (κ3) is 1.40. The maximum atomic E-state index is 5.76. The molecule has 6 atom stereocenters. The SMILES string of the molecule is CCC1C(C)C2OC2N(C)C(C)C1C. The van der Waals surface area contributed by atoms with Gasteiger partial charge in [-0.2, -0.15) is 0 Å². The molecule has 14 heavy (non-hydrogen) atoms. The van der Waals surface area contributed by atoms with E-state index < -0.39 is 0 Å². The zero-order valence-corrected chi connectivity index (χ0v) is 10.0. The topological polar surface area (TPSA) is 15.8 Å². The summed E-state index contributed by atoms with van der Waals surface area (Å²) in [4.78, 5) is 2.42. The average molecular weight is 197 g/mol. The minimum Gasteiger partial charge on any atom is -0.353 e. The summed E-state index contributed by atoms with van der Waals surface area (Å²) in [6.45, 7) is 9.41. The number of likely N-dealkylation sites (tertiary alicyclic amines) is 1. The second-order valence-corrected chi connectivity index (χ2v) is 5.19. The van der Waals surface area contributed by atoms with Crippen molar-refractivity contribution in [3.63, 3.8) is 0 Å². The molecular formula is C12H23NO. The normalized spacial score (nSPS) is 53.8. The smallest absolute Gasteiger partial charge is 0.138 e. The van der Waals surface area contributed by atoms with Crippen LogP contribution in [0.3, 0.4) is 0 Å². The molecule has 0 aromatic rings. The van der Waals surface area contributed by atoms with Crippen molar-refractivity contribution in [1.29, 1.82) is 0 Å². The predicted octanol–water partition coefficient (Wildman–Crippen LogP) is 2.34. The van der Waals surface area contributed by atoms with Gasteiger partial charge in [0.05, 0.1) is 0 Å². The zero-order valence-electron chi connectivity index (χ0n) is 10.0. The first kappa shape index (κ1) is 10.4. The van der Waals surface area contributed by atoms with E-state index in [1.54, 1.807) is 0 Å². The molecule has 2 heterocycles. The van der Waals surface area contributed by atoms with Crippen molar-refractivity contribution in [2.75, 3.05) is 7.05 Å². The Morgan fingerprint density at radius 3 is 2.36 bits per heavy atom. The molecule has 0 amide bonds. The summed E-state index contributed by atoms with van der Waals surface area (Å²) in [7, 11) is 2.20. The van der Waals surface area contributed by atoms with Gasteiger partial charge >= 0.3 is 0 Å². The highest BCUT2D eigenvalue weighted by Crippen LogP contribution is 2.45. The van der Waals surface area contributed by atoms with Crippen LogP contribution in [0, 0.1) is 17.8 Å². The highest BCUT2D eigenvalue weighted by atomic mass is 16.6. The lowest BCUT2D eigenvalue weighted by molar-refractivity contribution is 0.0807. The Labute approximate surface area is 87.6 Å². The van der Waals surface area contributed by atoms with Gasteiger partial charge in [0.15, 0.2) is 0 Å². The van der Waals surface area contributed by atoms with Gasteiger partial charge in [0.25, 0.3) is 0 Å². The number of hydrogen-bond donors (Lipinski definition) is 0. The lowest BCUT2D eigenvalue weighted by Gasteiger charge is -2.33. The fourth-order valence-electron chi connectivity index (χ4n) is 3.25. The number of nitrogens with zero attached hydrogens (tertiary/aromatic N) is 1. The summed E-state index contributed by atoms with van der Waals surface area (Å²) in [6, 6.07) is 0.653. The van der Waals surface area contributed by atoms with Gasteiger partial charge in [-0.25, -0.2) is 0 Å². The molecule has 2 saturated heterocycles. The standard InChI is InChI=1S/C12H23NO/c1-6-10-7(2)9(4)13(5)12-11(14-12)8(10)3/h7-12H,6H2,1-5H3. The van der Waals surface area contributed by atoms with Crippen molar-refractivity contribution in [2.45, 2.75) is 52.5 Å². The van der Waals surface area contributed by atoms with Crippen LogP contribution in [0.5, 0.6) is 0 Å². The molecule has 6 unspecified atom stereocenters. The second kappa shape index (κ2) is 3.49. The van der Waals surface area contributed by atoms with Crippen molar-refractivity contribution < 1.29 is 4.74 Å². The van der Waals surface area contributed by atoms with Crippen LogP contribution in [0.4, 0.5) is 0 Å². The van der Waals surface area contributed by atoms with Crippen LogP contribution in [0.25, 0.3) is 0 Å². The largest absolute Gasteiger partial charge is 0.353 e. The number of epoxide rings is 1. The summed E-state index contributed by atoms with van der Waals surface area (Å²) in [6.07, 6.45) is 2.21. The highest BCUT2D eigenvalue weighted by molar-refractivity contribution is 4.98. The number of rotatable bonds is 1. The van der Waals surface area contributed by atoms with E-state index >= 15 is 0 Å². The van der Waals surface area contributed by atoms with Crippen molar-refractivity contribution in [3.05, 3.63) is 0 Å². The Balaban J connectivity index is 2.19. The van der Waals surface area contributed by atoms with Crippen LogP contribution in [0.2, 0.25) is 0 Å². The van der Waals surface area contributed by atoms with Gasteiger partial charge in [-0.05, 0) is 31.7 Å². The van der Waals surface area contributed by atoms with E-state index in [-0.39, 0.29) is 0 Å². The number of hydrogen-bond acceptors (Lipinski definition) is 2. The molecule has 2 aliphatic rings. The maximum Gasteiger partial charge on any atom is 0.138 e. The van der Waals surface area contributed by atoms with Crippen LogP contribution in [0.1, 0.15) is 34.1 Å². The lowest BCUT2D eigenvalue weighted by Crippen LogP contribution is -2.37. The first-order valence-corrected chi connectivity index (χ1v) is 5.95. The summed E-state index contributed by atoms with van der Waals surface area (Å²) < 4.78 is 5.76. The first-order chi connectivity index (χ1) is 6.57. The van der Waals surface area contributed by atoms with E-state index in [0.717, 1.165) is 17.8 Å². The molecule has 0 aromatic heterocycles. The van der Waals surface area contributed by atoms with E-state index in [0.29, 0.717) is 18.4 Å². The highest BCUT2D eigenvalue weighted by Gasteiger charge is 2.53.